The van der Waals surface area contributed by atoms with Crippen LogP contribution < -0.4 is 5.73 Å². The van der Waals surface area contributed by atoms with Crippen molar-refractivity contribution in [3.05, 3.63) is 35.4 Å². The van der Waals surface area contributed by atoms with Gasteiger partial charge in [-0.3, -0.25) is 0 Å². The van der Waals surface area contributed by atoms with Gasteiger partial charge in [-0.05, 0) is 24.5 Å². The van der Waals surface area contributed by atoms with Crippen LogP contribution in [0.15, 0.2) is 24.3 Å². The summed E-state index contributed by atoms with van der Waals surface area (Å²) < 4.78 is 0. The molecule has 3 atom stereocenters. The molecule has 0 saturated carbocycles. The van der Waals surface area contributed by atoms with Gasteiger partial charge >= 0.3 is 0 Å². The van der Waals surface area contributed by atoms with E-state index in [-0.39, 0.29) is 12.0 Å². The lowest BCUT2D eigenvalue weighted by Gasteiger charge is -2.15. The maximum absolute atomic E-state index is 10.9. The van der Waals surface area contributed by atoms with Crippen molar-refractivity contribution in [2.45, 2.75) is 31.2 Å². The molecular formula is C12H15NO. The molecule has 2 rings (SSSR count). The third kappa shape index (κ3) is 1.36. The standard InChI is InChI=1S/C12H15NO/c1-8(13)12-6-9(7-14)10-4-2-3-5-11(10)12/h2-5,7-9,12H,6,13H2,1H3. The van der Waals surface area contributed by atoms with Crippen LogP contribution in [0.5, 0.6) is 0 Å². The Bertz CT molecular complexity index is 346. The normalized spacial score (nSPS) is 27.0. The van der Waals surface area contributed by atoms with E-state index in [2.05, 4.69) is 6.07 Å². The lowest BCUT2D eigenvalue weighted by Crippen LogP contribution is -2.23. The third-order valence-corrected chi connectivity index (χ3v) is 3.10. The molecule has 1 aromatic rings. The van der Waals surface area contributed by atoms with Crippen molar-refractivity contribution in [2.75, 3.05) is 0 Å². The van der Waals surface area contributed by atoms with Crippen molar-refractivity contribution in [3.63, 3.8) is 0 Å². The summed E-state index contributed by atoms with van der Waals surface area (Å²) >= 11 is 0. The number of nitrogens with two attached hydrogens (primary N) is 1. The van der Waals surface area contributed by atoms with E-state index in [1.807, 2.05) is 25.1 Å². The van der Waals surface area contributed by atoms with Crippen molar-refractivity contribution < 1.29 is 4.79 Å². The summed E-state index contributed by atoms with van der Waals surface area (Å²) in [5, 5.41) is 0. The summed E-state index contributed by atoms with van der Waals surface area (Å²) in [4.78, 5) is 10.9. The fraction of sp³-hybridized carbons (Fsp3) is 0.417. The Hall–Kier alpha value is -1.15. The second-order valence-corrected chi connectivity index (χ2v) is 4.07. The smallest absolute Gasteiger partial charge is 0.127 e. The maximum atomic E-state index is 10.9. The number of carbonyl (C=O) groups excluding carboxylic acids is 1. The first-order valence-electron chi connectivity index (χ1n) is 5.03. The molecule has 74 valence electrons. The molecular weight excluding hydrogens is 174 g/mol. The molecule has 1 aliphatic carbocycles. The molecule has 2 N–H and O–H groups in total. The molecule has 0 aliphatic heterocycles. The van der Waals surface area contributed by atoms with Gasteiger partial charge in [0, 0.05) is 17.9 Å². The summed E-state index contributed by atoms with van der Waals surface area (Å²) in [6.07, 6.45) is 1.92. The zero-order valence-electron chi connectivity index (χ0n) is 8.31. The highest BCUT2D eigenvalue weighted by atomic mass is 16.1. The average Bonchev–Trinajstić information content (AvgIpc) is 2.56. The molecule has 1 aliphatic rings. The number of benzene rings is 1. The van der Waals surface area contributed by atoms with E-state index < -0.39 is 0 Å². The van der Waals surface area contributed by atoms with E-state index in [4.69, 9.17) is 5.73 Å². The molecule has 0 saturated heterocycles. The van der Waals surface area contributed by atoms with E-state index in [9.17, 15) is 4.79 Å². The van der Waals surface area contributed by atoms with Crippen molar-refractivity contribution >= 4 is 6.29 Å². The van der Waals surface area contributed by atoms with Crippen molar-refractivity contribution in [1.82, 2.24) is 0 Å². The van der Waals surface area contributed by atoms with Gasteiger partial charge in [-0.25, -0.2) is 0 Å². The SMILES string of the molecule is CC(N)C1CC(C=O)c2ccccc21. The second kappa shape index (κ2) is 3.54. The van der Waals surface area contributed by atoms with Crippen LogP contribution in [-0.4, -0.2) is 12.3 Å². The van der Waals surface area contributed by atoms with Crippen LogP contribution in [0.2, 0.25) is 0 Å². The van der Waals surface area contributed by atoms with Gasteiger partial charge in [0.1, 0.15) is 6.29 Å². The number of aldehydes is 1. The molecule has 0 amide bonds. The Labute approximate surface area is 84.1 Å². The van der Waals surface area contributed by atoms with Crippen molar-refractivity contribution in [2.24, 2.45) is 5.73 Å². The first-order valence-corrected chi connectivity index (χ1v) is 5.03. The predicted octanol–water partition coefficient (Wildman–Crippen LogP) is 1.80. The zero-order chi connectivity index (χ0) is 10.1. The topological polar surface area (TPSA) is 43.1 Å². The highest BCUT2D eigenvalue weighted by Crippen LogP contribution is 2.41. The molecule has 1 aromatic carbocycles. The highest BCUT2D eigenvalue weighted by Gasteiger charge is 2.32. The van der Waals surface area contributed by atoms with Crippen molar-refractivity contribution in [1.29, 1.82) is 0 Å². The number of hydrogen-bond donors (Lipinski definition) is 1. The molecule has 3 unspecified atom stereocenters. The van der Waals surface area contributed by atoms with Gasteiger partial charge in [-0.15, -0.1) is 0 Å². The minimum atomic E-state index is 0.0576. The molecule has 2 nitrogen and oxygen atoms in total. The predicted molar refractivity (Wildman–Crippen MR) is 56.3 cm³/mol. The monoisotopic (exact) mass is 189 g/mol. The summed E-state index contributed by atoms with van der Waals surface area (Å²) in [7, 11) is 0. The van der Waals surface area contributed by atoms with Crippen LogP contribution in [0.3, 0.4) is 0 Å². The molecule has 0 bridgehead atoms. The van der Waals surface area contributed by atoms with E-state index in [1.165, 1.54) is 11.1 Å². The van der Waals surface area contributed by atoms with Gasteiger partial charge in [-0.2, -0.15) is 0 Å². The van der Waals surface area contributed by atoms with Crippen molar-refractivity contribution in [3.8, 4) is 0 Å². The van der Waals surface area contributed by atoms with Crippen LogP contribution in [-0.2, 0) is 4.79 Å². The summed E-state index contributed by atoms with van der Waals surface area (Å²) in [5.74, 6) is 0.406. The van der Waals surface area contributed by atoms with Crippen LogP contribution in [0.25, 0.3) is 0 Å². The average molecular weight is 189 g/mol. The molecule has 0 spiro atoms. The first-order chi connectivity index (χ1) is 6.74. The second-order valence-electron chi connectivity index (χ2n) is 4.07. The molecule has 0 aromatic heterocycles. The Morgan fingerprint density at radius 3 is 2.64 bits per heavy atom. The van der Waals surface area contributed by atoms with Crippen LogP contribution in [0, 0.1) is 0 Å². The minimum Gasteiger partial charge on any atom is -0.327 e. The van der Waals surface area contributed by atoms with Gasteiger partial charge in [0.2, 0.25) is 0 Å². The summed E-state index contributed by atoms with van der Waals surface area (Å²) in [6.45, 7) is 2.01. The minimum absolute atomic E-state index is 0.0576. The van der Waals surface area contributed by atoms with E-state index >= 15 is 0 Å². The van der Waals surface area contributed by atoms with Gasteiger partial charge in [0.15, 0.2) is 0 Å². The first kappa shape index (κ1) is 9.41. The zero-order valence-corrected chi connectivity index (χ0v) is 8.31. The summed E-state index contributed by atoms with van der Waals surface area (Å²) in [5.41, 5.74) is 8.35. The highest BCUT2D eigenvalue weighted by molar-refractivity contribution is 5.66. The van der Waals surface area contributed by atoms with Gasteiger partial charge in [0.05, 0.1) is 0 Å². The quantitative estimate of drug-likeness (QED) is 0.721. The molecule has 0 fully saturated rings. The summed E-state index contributed by atoms with van der Waals surface area (Å²) in [6, 6.07) is 8.25. The third-order valence-electron chi connectivity index (χ3n) is 3.10. The Balaban J connectivity index is 2.43. The number of carbonyl (C=O) groups is 1. The molecule has 14 heavy (non-hydrogen) atoms. The Morgan fingerprint density at radius 2 is 2.07 bits per heavy atom. The molecule has 2 heteroatoms. The van der Waals surface area contributed by atoms with Gasteiger partial charge in [-0.1, -0.05) is 24.3 Å². The lowest BCUT2D eigenvalue weighted by molar-refractivity contribution is -0.109. The van der Waals surface area contributed by atoms with E-state index in [1.54, 1.807) is 0 Å². The fourth-order valence-corrected chi connectivity index (χ4v) is 2.34. The number of rotatable bonds is 2. The van der Waals surface area contributed by atoms with Gasteiger partial charge in [0.25, 0.3) is 0 Å². The molecule has 0 radical (unpaired) electrons. The van der Waals surface area contributed by atoms with Crippen LogP contribution >= 0.6 is 0 Å². The Kier molecular flexibility index (Phi) is 2.38. The van der Waals surface area contributed by atoms with E-state index in [0.29, 0.717) is 5.92 Å². The number of fused-ring (bicyclic) bond motifs is 1. The fourth-order valence-electron chi connectivity index (χ4n) is 2.34. The maximum Gasteiger partial charge on any atom is 0.127 e. The largest absolute Gasteiger partial charge is 0.327 e. The number of hydrogen-bond acceptors (Lipinski definition) is 2. The molecule has 0 heterocycles. The van der Waals surface area contributed by atoms with E-state index in [0.717, 1.165) is 12.7 Å². The van der Waals surface area contributed by atoms with Crippen LogP contribution in [0.1, 0.15) is 36.3 Å². The Morgan fingerprint density at radius 1 is 1.43 bits per heavy atom. The van der Waals surface area contributed by atoms with Gasteiger partial charge < -0.3 is 10.5 Å². The van der Waals surface area contributed by atoms with Crippen LogP contribution in [0.4, 0.5) is 0 Å². The lowest BCUT2D eigenvalue weighted by atomic mass is 9.95.